The van der Waals surface area contributed by atoms with Crippen molar-refractivity contribution < 1.29 is 19.1 Å². The van der Waals surface area contributed by atoms with Gasteiger partial charge in [-0.15, -0.1) is 0 Å². The van der Waals surface area contributed by atoms with Crippen LogP contribution in [-0.2, 0) is 14.3 Å². The molecule has 2 aliphatic rings. The van der Waals surface area contributed by atoms with Gasteiger partial charge in [0.25, 0.3) is 5.78 Å². The van der Waals surface area contributed by atoms with Gasteiger partial charge in [-0.1, -0.05) is 15.9 Å². The zero-order valence-electron chi connectivity index (χ0n) is 11.6. The van der Waals surface area contributed by atoms with Gasteiger partial charge in [-0.25, -0.2) is 0 Å². The fourth-order valence-electron chi connectivity index (χ4n) is 2.61. The molecule has 1 fully saturated rings. The van der Waals surface area contributed by atoms with Crippen molar-refractivity contribution in [3.8, 4) is 0 Å². The van der Waals surface area contributed by atoms with Gasteiger partial charge in [-0.3, -0.25) is 24.2 Å². The van der Waals surface area contributed by atoms with E-state index in [4.69, 9.17) is 10.5 Å². The van der Waals surface area contributed by atoms with Crippen LogP contribution in [0.25, 0.3) is 0 Å². The summed E-state index contributed by atoms with van der Waals surface area (Å²) < 4.78 is 6.06. The molecule has 2 N–H and O–H groups in total. The zero-order chi connectivity index (χ0) is 15.9. The van der Waals surface area contributed by atoms with Gasteiger partial charge in [0, 0.05) is 17.6 Å². The largest absolute Gasteiger partial charge is 0.367 e. The Labute approximate surface area is 135 Å². The minimum atomic E-state index is -0.691. The highest BCUT2D eigenvalue weighted by Crippen LogP contribution is 2.31. The predicted molar refractivity (Wildman–Crippen MR) is 81.3 cm³/mol. The first-order valence-corrected chi connectivity index (χ1v) is 7.55. The number of nitrogens with two attached hydrogens (primary N) is 1. The number of anilines is 1. The summed E-state index contributed by atoms with van der Waals surface area (Å²) in [5.41, 5.74) is 6.22. The van der Waals surface area contributed by atoms with Crippen LogP contribution in [0.1, 0.15) is 10.4 Å². The number of amides is 2. The molecule has 2 heterocycles. The summed E-state index contributed by atoms with van der Waals surface area (Å²) in [5.74, 6) is -1.60. The number of hydrogen-bond acceptors (Lipinski definition) is 5. The molecule has 3 rings (SSSR count). The third-order valence-corrected chi connectivity index (χ3v) is 4.24. The molecule has 22 heavy (non-hydrogen) atoms. The molecular formula is C14H14BrN3O4. The SMILES string of the molecule is NC(=O)C1CN(CN2C(=O)C(=O)c3ccc(Br)cc32)CCO1. The molecule has 116 valence electrons. The average molecular weight is 368 g/mol. The van der Waals surface area contributed by atoms with Gasteiger partial charge in [-0.2, -0.15) is 0 Å². The van der Waals surface area contributed by atoms with Crippen molar-refractivity contribution in [1.82, 2.24) is 4.90 Å². The summed E-state index contributed by atoms with van der Waals surface area (Å²) in [5, 5.41) is 0. The Balaban J connectivity index is 1.81. The molecule has 1 atom stereocenters. The molecule has 0 aromatic heterocycles. The van der Waals surface area contributed by atoms with E-state index < -0.39 is 23.7 Å². The van der Waals surface area contributed by atoms with Crippen LogP contribution >= 0.6 is 15.9 Å². The summed E-state index contributed by atoms with van der Waals surface area (Å²) in [4.78, 5) is 38.7. The van der Waals surface area contributed by atoms with E-state index in [1.54, 1.807) is 18.2 Å². The summed E-state index contributed by atoms with van der Waals surface area (Å²) in [6.45, 7) is 1.44. The monoisotopic (exact) mass is 367 g/mol. The van der Waals surface area contributed by atoms with Crippen LogP contribution in [-0.4, -0.2) is 55.0 Å². The molecule has 0 saturated carbocycles. The molecule has 1 aromatic carbocycles. The summed E-state index contributed by atoms with van der Waals surface area (Å²) in [7, 11) is 0. The molecule has 8 heteroatoms. The second-order valence-corrected chi connectivity index (χ2v) is 6.12. The maximum absolute atomic E-state index is 12.2. The van der Waals surface area contributed by atoms with Crippen molar-refractivity contribution in [2.45, 2.75) is 6.10 Å². The van der Waals surface area contributed by atoms with E-state index in [0.29, 0.717) is 30.9 Å². The van der Waals surface area contributed by atoms with Gasteiger partial charge in [0.1, 0.15) is 6.10 Å². The normalized spacial score (nSPS) is 22.0. The van der Waals surface area contributed by atoms with Crippen molar-refractivity contribution in [3.05, 3.63) is 28.2 Å². The number of nitrogens with zero attached hydrogens (tertiary/aromatic N) is 2. The van der Waals surface area contributed by atoms with E-state index in [9.17, 15) is 14.4 Å². The standard InChI is InChI=1S/C14H14BrN3O4/c15-8-1-2-9-10(5-8)18(14(21)12(9)19)7-17-3-4-22-11(6-17)13(16)20/h1-2,5,11H,3-4,6-7H2,(H2,16,20). The number of primary amides is 1. The summed E-state index contributed by atoms with van der Waals surface area (Å²) >= 11 is 3.34. The Morgan fingerprint density at radius 2 is 2.18 bits per heavy atom. The maximum atomic E-state index is 12.2. The van der Waals surface area contributed by atoms with Gasteiger partial charge in [0.2, 0.25) is 5.91 Å². The van der Waals surface area contributed by atoms with E-state index in [-0.39, 0.29) is 6.67 Å². The number of morpholine rings is 1. The lowest BCUT2D eigenvalue weighted by Crippen LogP contribution is -2.52. The van der Waals surface area contributed by atoms with E-state index in [1.807, 2.05) is 4.90 Å². The number of rotatable bonds is 3. The Morgan fingerprint density at radius 1 is 1.41 bits per heavy atom. The first-order valence-electron chi connectivity index (χ1n) is 6.76. The number of ether oxygens (including phenoxy) is 1. The highest BCUT2D eigenvalue weighted by atomic mass is 79.9. The Morgan fingerprint density at radius 3 is 2.91 bits per heavy atom. The minimum absolute atomic E-state index is 0.223. The Hall–Kier alpha value is -1.77. The number of halogens is 1. The van der Waals surface area contributed by atoms with E-state index >= 15 is 0 Å². The lowest BCUT2D eigenvalue weighted by atomic mass is 10.1. The van der Waals surface area contributed by atoms with Crippen LogP contribution in [0.2, 0.25) is 0 Å². The smallest absolute Gasteiger partial charge is 0.300 e. The first kappa shape index (κ1) is 15.1. The number of carbonyl (C=O) groups is 3. The van der Waals surface area contributed by atoms with Crippen molar-refractivity contribution in [2.24, 2.45) is 5.73 Å². The van der Waals surface area contributed by atoms with Gasteiger partial charge >= 0.3 is 5.91 Å². The molecule has 1 saturated heterocycles. The molecule has 0 radical (unpaired) electrons. The molecule has 0 bridgehead atoms. The van der Waals surface area contributed by atoms with Crippen LogP contribution < -0.4 is 10.6 Å². The highest BCUT2D eigenvalue weighted by molar-refractivity contribution is 9.10. The topological polar surface area (TPSA) is 92.9 Å². The van der Waals surface area contributed by atoms with Gasteiger partial charge < -0.3 is 10.5 Å². The van der Waals surface area contributed by atoms with E-state index in [1.165, 1.54) is 4.90 Å². The second-order valence-electron chi connectivity index (χ2n) is 5.20. The molecule has 0 spiro atoms. The molecule has 7 nitrogen and oxygen atoms in total. The van der Waals surface area contributed by atoms with Gasteiger partial charge in [0.15, 0.2) is 0 Å². The molecule has 1 aromatic rings. The molecule has 2 amide bonds. The summed E-state index contributed by atoms with van der Waals surface area (Å²) in [6.07, 6.45) is -0.691. The molecule has 1 unspecified atom stereocenters. The van der Waals surface area contributed by atoms with Crippen molar-refractivity contribution in [2.75, 3.05) is 31.3 Å². The average Bonchev–Trinajstić information content (AvgIpc) is 2.72. The fraction of sp³-hybridized carbons (Fsp3) is 0.357. The van der Waals surface area contributed by atoms with E-state index in [2.05, 4.69) is 15.9 Å². The third-order valence-electron chi connectivity index (χ3n) is 3.74. The highest BCUT2D eigenvalue weighted by Gasteiger charge is 2.37. The van der Waals surface area contributed by atoms with Crippen LogP contribution in [0.4, 0.5) is 5.69 Å². The number of hydrogen-bond donors (Lipinski definition) is 1. The van der Waals surface area contributed by atoms with Crippen molar-refractivity contribution >= 4 is 39.2 Å². The second kappa shape index (κ2) is 5.79. The van der Waals surface area contributed by atoms with Gasteiger partial charge in [0.05, 0.1) is 24.5 Å². The number of benzene rings is 1. The quantitative estimate of drug-likeness (QED) is 0.766. The molecule has 0 aliphatic carbocycles. The molecule has 2 aliphatic heterocycles. The molecular weight excluding hydrogens is 354 g/mol. The van der Waals surface area contributed by atoms with Gasteiger partial charge in [-0.05, 0) is 18.2 Å². The third kappa shape index (κ3) is 2.65. The van der Waals surface area contributed by atoms with Crippen molar-refractivity contribution in [3.63, 3.8) is 0 Å². The summed E-state index contributed by atoms with van der Waals surface area (Å²) in [6, 6.07) is 5.10. The first-order chi connectivity index (χ1) is 10.5. The fourth-order valence-corrected chi connectivity index (χ4v) is 2.96. The lowest BCUT2D eigenvalue weighted by Gasteiger charge is -2.33. The zero-order valence-corrected chi connectivity index (χ0v) is 13.2. The lowest BCUT2D eigenvalue weighted by molar-refractivity contribution is -0.135. The Kier molecular flexibility index (Phi) is 3.98. The maximum Gasteiger partial charge on any atom is 0.300 e. The number of fused-ring (bicyclic) bond motifs is 1. The number of ketones is 1. The minimum Gasteiger partial charge on any atom is -0.367 e. The van der Waals surface area contributed by atoms with Crippen LogP contribution in [0.3, 0.4) is 0 Å². The predicted octanol–water partition coefficient (Wildman–Crippen LogP) is 0.122. The van der Waals surface area contributed by atoms with Crippen LogP contribution in [0.15, 0.2) is 22.7 Å². The van der Waals surface area contributed by atoms with Crippen LogP contribution in [0.5, 0.6) is 0 Å². The number of carbonyl (C=O) groups excluding carboxylic acids is 3. The Bertz CT molecular complexity index is 663. The number of Topliss-reactive ketones (excluding diaryl/α,β-unsaturated/α-hetero) is 1. The van der Waals surface area contributed by atoms with Crippen LogP contribution in [0, 0.1) is 0 Å². The van der Waals surface area contributed by atoms with E-state index in [0.717, 1.165) is 4.47 Å². The van der Waals surface area contributed by atoms with Crippen molar-refractivity contribution in [1.29, 1.82) is 0 Å².